The average molecular weight is 364 g/mol. The van der Waals surface area contributed by atoms with Gasteiger partial charge in [0.25, 0.3) is 0 Å². The Labute approximate surface area is 138 Å². The SMILES string of the molecule is COCCCNS(=O)(=O)CCc1ccc(S(=O)(=O)N(C)C)cc1. The largest absolute Gasteiger partial charge is 0.385 e. The van der Waals surface area contributed by atoms with Gasteiger partial charge in [0.2, 0.25) is 20.0 Å². The van der Waals surface area contributed by atoms with Gasteiger partial charge in [-0.3, -0.25) is 0 Å². The van der Waals surface area contributed by atoms with E-state index in [4.69, 9.17) is 4.74 Å². The molecule has 0 fully saturated rings. The molecule has 0 aromatic heterocycles. The third kappa shape index (κ3) is 6.56. The maximum atomic E-state index is 11.9. The Kier molecular flexibility index (Phi) is 7.62. The summed E-state index contributed by atoms with van der Waals surface area (Å²) < 4.78 is 56.0. The highest BCUT2D eigenvalue weighted by molar-refractivity contribution is 7.89. The van der Waals surface area contributed by atoms with Gasteiger partial charge in [0.1, 0.15) is 0 Å². The summed E-state index contributed by atoms with van der Waals surface area (Å²) in [4.78, 5) is 0.187. The van der Waals surface area contributed by atoms with Crippen molar-refractivity contribution in [1.29, 1.82) is 0 Å². The van der Waals surface area contributed by atoms with Crippen LogP contribution in [0.5, 0.6) is 0 Å². The molecule has 0 atom stereocenters. The fourth-order valence-electron chi connectivity index (χ4n) is 1.81. The van der Waals surface area contributed by atoms with Gasteiger partial charge in [0, 0.05) is 34.4 Å². The van der Waals surface area contributed by atoms with E-state index in [1.807, 2.05) is 0 Å². The summed E-state index contributed by atoms with van der Waals surface area (Å²) in [7, 11) is -2.32. The smallest absolute Gasteiger partial charge is 0.242 e. The van der Waals surface area contributed by atoms with E-state index >= 15 is 0 Å². The minimum Gasteiger partial charge on any atom is -0.385 e. The van der Waals surface area contributed by atoms with Gasteiger partial charge >= 0.3 is 0 Å². The normalized spacial score (nSPS) is 12.7. The zero-order valence-electron chi connectivity index (χ0n) is 13.6. The van der Waals surface area contributed by atoms with E-state index in [2.05, 4.69) is 4.72 Å². The Bertz CT molecular complexity index is 682. The zero-order chi connectivity index (χ0) is 17.5. The molecular formula is C14H24N2O5S2. The van der Waals surface area contributed by atoms with Crippen molar-refractivity contribution in [2.45, 2.75) is 17.7 Å². The molecule has 0 unspecified atom stereocenters. The Morgan fingerprint density at radius 2 is 1.70 bits per heavy atom. The summed E-state index contributed by atoms with van der Waals surface area (Å²) >= 11 is 0. The van der Waals surface area contributed by atoms with E-state index in [1.54, 1.807) is 19.2 Å². The Morgan fingerprint density at radius 1 is 1.09 bits per heavy atom. The molecule has 0 heterocycles. The van der Waals surface area contributed by atoms with E-state index < -0.39 is 20.0 Å². The number of ether oxygens (including phenoxy) is 1. The number of nitrogens with zero attached hydrogens (tertiary/aromatic N) is 1. The molecule has 0 saturated heterocycles. The molecule has 1 aromatic carbocycles. The molecule has 9 heteroatoms. The van der Waals surface area contributed by atoms with E-state index in [9.17, 15) is 16.8 Å². The monoisotopic (exact) mass is 364 g/mol. The molecule has 1 N–H and O–H groups in total. The van der Waals surface area contributed by atoms with Crippen LogP contribution in [-0.2, 0) is 31.2 Å². The third-order valence-corrected chi connectivity index (χ3v) is 6.42. The number of sulfonamides is 2. The van der Waals surface area contributed by atoms with Crippen LogP contribution in [0.1, 0.15) is 12.0 Å². The molecule has 0 bridgehead atoms. The first-order valence-corrected chi connectivity index (χ1v) is 10.3. The van der Waals surface area contributed by atoms with Gasteiger partial charge in [-0.1, -0.05) is 12.1 Å². The van der Waals surface area contributed by atoms with Crippen molar-refractivity contribution >= 4 is 20.0 Å². The molecule has 0 aliphatic rings. The second-order valence-corrected chi connectivity index (χ2v) is 9.32. The third-order valence-electron chi connectivity index (χ3n) is 3.21. The zero-order valence-corrected chi connectivity index (χ0v) is 15.3. The lowest BCUT2D eigenvalue weighted by Crippen LogP contribution is -2.28. The lowest BCUT2D eigenvalue weighted by atomic mass is 10.2. The first-order valence-electron chi connectivity index (χ1n) is 7.17. The van der Waals surface area contributed by atoms with Crippen LogP contribution < -0.4 is 4.72 Å². The van der Waals surface area contributed by atoms with Crippen LogP contribution in [0.4, 0.5) is 0 Å². The molecule has 0 saturated carbocycles. The summed E-state index contributed by atoms with van der Waals surface area (Å²) in [6, 6.07) is 6.25. The number of aryl methyl sites for hydroxylation is 1. The predicted octanol–water partition coefficient (Wildman–Crippen LogP) is 0.435. The number of hydrogen-bond donors (Lipinski definition) is 1. The molecule has 0 aliphatic heterocycles. The van der Waals surface area contributed by atoms with Crippen LogP contribution in [0.15, 0.2) is 29.2 Å². The van der Waals surface area contributed by atoms with Crippen molar-refractivity contribution in [2.24, 2.45) is 0 Å². The fourth-order valence-corrected chi connectivity index (χ4v) is 3.81. The van der Waals surface area contributed by atoms with Crippen molar-refractivity contribution in [3.05, 3.63) is 29.8 Å². The van der Waals surface area contributed by atoms with Crippen molar-refractivity contribution in [3.63, 3.8) is 0 Å². The number of rotatable bonds is 10. The summed E-state index contributed by atoms with van der Waals surface area (Å²) in [6.45, 7) is 0.848. The highest BCUT2D eigenvalue weighted by Gasteiger charge is 2.17. The fraction of sp³-hybridized carbons (Fsp3) is 0.571. The standard InChI is InChI=1S/C14H24N2O5S2/c1-16(2)23(19,20)14-7-5-13(6-8-14)9-12-22(17,18)15-10-4-11-21-3/h5-8,15H,4,9-12H2,1-3H3. The van der Waals surface area contributed by atoms with E-state index in [0.29, 0.717) is 26.0 Å². The Morgan fingerprint density at radius 3 is 2.22 bits per heavy atom. The molecule has 0 amide bonds. The first kappa shape index (κ1) is 20.0. The Balaban J connectivity index is 2.59. The van der Waals surface area contributed by atoms with Gasteiger partial charge < -0.3 is 4.74 Å². The van der Waals surface area contributed by atoms with E-state index in [1.165, 1.54) is 26.2 Å². The second-order valence-electron chi connectivity index (χ2n) is 5.24. The van der Waals surface area contributed by atoms with Gasteiger partial charge in [-0.25, -0.2) is 25.9 Å². The molecule has 7 nitrogen and oxygen atoms in total. The molecule has 1 rings (SSSR count). The number of benzene rings is 1. The van der Waals surface area contributed by atoms with Crippen LogP contribution in [0, 0.1) is 0 Å². The van der Waals surface area contributed by atoms with E-state index in [-0.39, 0.29) is 10.6 Å². The maximum Gasteiger partial charge on any atom is 0.242 e. The van der Waals surface area contributed by atoms with Crippen molar-refractivity contribution in [3.8, 4) is 0 Å². The molecule has 0 spiro atoms. The van der Waals surface area contributed by atoms with Gasteiger partial charge in [-0.2, -0.15) is 0 Å². The van der Waals surface area contributed by atoms with Gasteiger partial charge in [0.15, 0.2) is 0 Å². The summed E-state index contributed by atoms with van der Waals surface area (Å²) in [5.41, 5.74) is 0.768. The van der Waals surface area contributed by atoms with Crippen molar-refractivity contribution < 1.29 is 21.6 Å². The highest BCUT2D eigenvalue weighted by atomic mass is 32.2. The lowest BCUT2D eigenvalue weighted by molar-refractivity contribution is 0.196. The first-order chi connectivity index (χ1) is 10.7. The van der Waals surface area contributed by atoms with E-state index in [0.717, 1.165) is 9.87 Å². The topological polar surface area (TPSA) is 92.8 Å². The quantitative estimate of drug-likeness (QED) is 0.608. The van der Waals surface area contributed by atoms with Crippen LogP contribution in [0.2, 0.25) is 0 Å². The van der Waals surface area contributed by atoms with Gasteiger partial charge in [0.05, 0.1) is 10.6 Å². The molecule has 1 aromatic rings. The van der Waals surface area contributed by atoms with Crippen LogP contribution in [-0.4, -0.2) is 61.3 Å². The lowest BCUT2D eigenvalue weighted by Gasteiger charge is -2.11. The minimum atomic E-state index is -3.46. The van der Waals surface area contributed by atoms with Crippen molar-refractivity contribution in [1.82, 2.24) is 9.03 Å². The van der Waals surface area contributed by atoms with Crippen molar-refractivity contribution in [2.75, 3.05) is 40.1 Å². The predicted molar refractivity (Wildman–Crippen MR) is 89.3 cm³/mol. The number of methoxy groups -OCH3 is 1. The van der Waals surface area contributed by atoms with Crippen LogP contribution in [0.25, 0.3) is 0 Å². The van der Waals surface area contributed by atoms with Crippen LogP contribution in [0.3, 0.4) is 0 Å². The average Bonchev–Trinajstić information content (AvgIpc) is 2.50. The summed E-state index contributed by atoms with van der Waals surface area (Å²) in [6.07, 6.45) is 0.939. The summed E-state index contributed by atoms with van der Waals surface area (Å²) in [5, 5.41) is 0. The number of nitrogens with one attached hydrogen (secondary N) is 1. The molecule has 0 radical (unpaired) electrons. The number of hydrogen-bond acceptors (Lipinski definition) is 5. The molecule has 0 aliphatic carbocycles. The molecule has 23 heavy (non-hydrogen) atoms. The van der Waals surface area contributed by atoms with Crippen LogP contribution >= 0.6 is 0 Å². The van der Waals surface area contributed by atoms with Gasteiger partial charge in [-0.05, 0) is 30.5 Å². The maximum absolute atomic E-state index is 11.9. The van der Waals surface area contributed by atoms with Gasteiger partial charge in [-0.15, -0.1) is 0 Å². The minimum absolute atomic E-state index is 0.0419. The molecular weight excluding hydrogens is 340 g/mol. The molecule has 132 valence electrons. The second kappa shape index (κ2) is 8.74. The highest BCUT2D eigenvalue weighted by Crippen LogP contribution is 2.14. The summed E-state index contributed by atoms with van der Waals surface area (Å²) in [5.74, 6) is -0.0419. The Hall–Kier alpha value is -1.00.